The van der Waals surface area contributed by atoms with Crippen LogP contribution in [0.4, 0.5) is 0 Å². The number of nitrogens with two attached hydrogens (primary N) is 1. The van der Waals surface area contributed by atoms with Crippen molar-refractivity contribution in [3.63, 3.8) is 0 Å². The summed E-state index contributed by atoms with van der Waals surface area (Å²) in [7, 11) is 0. The van der Waals surface area contributed by atoms with E-state index in [9.17, 15) is 4.79 Å². The molecule has 2 aromatic carbocycles. The van der Waals surface area contributed by atoms with Gasteiger partial charge in [0.25, 0.3) is 5.91 Å². The molecular formula is C21H21Cl2N5O. The van der Waals surface area contributed by atoms with Crippen molar-refractivity contribution < 1.29 is 4.79 Å². The second-order valence-electron chi connectivity index (χ2n) is 6.33. The van der Waals surface area contributed by atoms with Crippen LogP contribution in [0.25, 0.3) is 21.8 Å². The molecule has 0 fully saturated rings. The maximum absolute atomic E-state index is 12.3. The van der Waals surface area contributed by atoms with Gasteiger partial charge < -0.3 is 10.7 Å². The molecule has 4 aromatic rings. The Labute approximate surface area is 180 Å². The second kappa shape index (κ2) is 10.0. The molecule has 4 N–H and O–H groups in total. The predicted octanol–water partition coefficient (Wildman–Crippen LogP) is 3.58. The van der Waals surface area contributed by atoms with Crippen LogP contribution in [0.5, 0.6) is 0 Å². The minimum absolute atomic E-state index is 0. The number of nitrogens with zero attached hydrogens (tertiary/aromatic N) is 2. The molecule has 0 saturated carbocycles. The zero-order valence-corrected chi connectivity index (χ0v) is 17.0. The molecular weight excluding hydrogens is 409 g/mol. The molecule has 6 nitrogen and oxygen atoms in total. The molecule has 2 heterocycles. The Morgan fingerprint density at radius 2 is 1.93 bits per heavy atom. The number of aromatic nitrogens is 2. The normalized spacial score (nSPS) is 11.8. The largest absolute Gasteiger partial charge is 0.361 e. The molecule has 29 heavy (non-hydrogen) atoms. The zero-order valence-electron chi connectivity index (χ0n) is 15.4. The number of halogens is 2. The van der Waals surface area contributed by atoms with Crippen LogP contribution in [0.15, 0.2) is 72.1 Å². The first-order chi connectivity index (χ1) is 13.2. The Morgan fingerprint density at radius 1 is 1.14 bits per heavy atom. The molecule has 0 aliphatic carbocycles. The lowest BCUT2D eigenvalue weighted by Gasteiger charge is -2.09. The fourth-order valence-corrected chi connectivity index (χ4v) is 3.11. The number of hydrogen-bond acceptors (Lipinski definition) is 4. The molecule has 0 aliphatic heterocycles. The summed E-state index contributed by atoms with van der Waals surface area (Å²) in [5, 5.41) is 6.14. The van der Waals surface area contributed by atoms with Gasteiger partial charge in [-0.2, -0.15) is 5.10 Å². The number of benzene rings is 2. The number of hydrazone groups is 1. The lowest BCUT2D eigenvalue weighted by atomic mass is 10.1. The van der Waals surface area contributed by atoms with Gasteiger partial charge in [-0.3, -0.25) is 9.78 Å². The van der Waals surface area contributed by atoms with Gasteiger partial charge in [-0.1, -0.05) is 42.5 Å². The number of nitrogens with one attached hydrogen (secondary N) is 2. The summed E-state index contributed by atoms with van der Waals surface area (Å²) in [4.78, 5) is 19.8. The van der Waals surface area contributed by atoms with Gasteiger partial charge in [-0.05, 0) is 24.1 Å². The summed E-state index contributed by atoms with van der Waals surface area (Å²) in [6.45, 7) is 0. The number of para-hydroxylation sites is 2. The number of H-pyrrole nitrogens is 1. The summed E-state index contributed by atoms with van der Waals surface area (Å²) in [6.07, 6.45) is 5.64. The molecule has 0 spiro atoms. The van der Waals surface area contributed by atoms with Crippen LogP contribution >= 0.6 is 24.8 Å². The van der Waals surface area contributed by atoms with Crippen LogP contribution in [-0.4, -0.2) is 28.1 Å². The van der Waals surface area contributed by atoms with Gasteiger partial charge >= 0.3 is 0 Å². The Morgan fingerprint density at radius 3 is 2.79 bits per heavy atom. The summed E-state index contributed by atoms with van der Waals surface area (Å²) in [5.41, 5.74) is 12.3. The van der Waals surface area contributed by atoms with E-state index in [4.69, 9.17) is 5.73 Å². The van der Waals surface area contributed by atoms with Gasteiger partial charge in [0, 0.05) is 34.2 Å². The van der Waals surface area contributed by atoms with Crippen LogP contribution in [0.1, 0.15) is 11.1 Å². The van der Waals surface area contributed by atoms with E-state index in [2.05, 4.69) is 20.5 Å². The van der Waals surface area contributed by atoms with Crippen molar-refractivity contribution in [2.45, 2.75) is 12.5 Å². The second-order valence-corrected chi connectivity index (χ2v) is 6.33. The highest BCUT2D eigenvalue weighted by Crippen LogP contribution is 2.18. The van der Waals surface area contributed by atoms with E-state index in [1.165, 1.54) is 0 Å². The number of pyridine rings is 1. The number of carbonyl (C=O) groups excluding carboxylic acids is 1. The highest BCUT2D eigenvalue weighted by molar-refractivity contribution is 5.97. The SMILES string of the molecule is Cl.Cl.N[C@@H](Cc1c[nH]c2ccccc12)C(=O)N/N=C/c1cccc2cccnc12. The van der Waals surface area contributed by atoms with E-state index >= 15 is 0 Å². The van der Waals surface area contributed by atoms with Crippen LogP contribution in [0, 0.1) is 0 Å². The molecule has 4 rings (SSSR count). The first-order valence-electron chi connectivity index (χ1n) is 8.69. The zero-order chi connectivity index (χ0) is 18.6. The Hall–Kier alpha value is -2.93. The summed E-state index contributed by atoms with van der Waals surface area (Å²) < 4.78 is 0. The fourth-order valence-electron chi connectivity index (χ4n) is 3.11. The molecule has 0 aliphatic rings. The molecule has 1 amide bonds. The van der Waals surface area contributed by atoms with Crippen molar-refractivity contribution in [3.8, 4) is 0 Å². The van der Waals surface area contributed by atoms with Gasteiger partial charge in [-0.15, -0.1) is 24.8 Å². The van der Waals surface area contributed by atoms with E-state index in [-0.39, 0.29) is 30.7 Å². The first kappa shape index (κ1) is 22.4. The van der Waals surface area contributed by atoms with Crippen molar-refractivity contribution in [1.82, 2.24) is 15.4 Å². The molecule has 2 aromatic heterocycles. The van der Waals surface area contributed by atoms with E-state index in [0.29, 0.717) is 6.42 Å². The highest BCUT2D eigenvalue weighted by atomic mass is 35.5. The fraction of sp³-hybridized carbons (Fsp3) is 0.0952. The molecule has 0 radical (unpaired) electrons. The Kier molecular flexibility index (Phi) is 7.73. The maximum atomic E-state index is 12.3. The number of rotatable bonds is 5. The minimum atomic E-state index is -0.688. The van der Waals surface area contributed by atoms with Gasteiger partial charge in [-0.25, -0.2) is 5.43 Å². The average molecular weight is 430 g/mol. The number of fused-ring (bicyclic) bond motifs is 2. The van der Waals surface area contributed by atoms with Gasteiger partial charge in [0.1, 0.15) is 0 Å². The third-order valence-electron chi connectivity index (χ3n) is 4.49. The summed E-state index contributed by atoms with van der Waals surface area (Å²) >= 11 is 0. The lowest BCUT2D eigenvalue weighted by Crippen LogP contribution is -2.39. The van der Waals surface area contributed by atoms with Crippen molar-refractivity contribution in [1.29, 1.82) is 0 Å². The molecule has 0 bridgehead atoms. The smallest absolute Gasteiger partial charge is 0.257 e. The highest BCUT2D eigenvalue weighted by Gasteiger charge is 2.15. The molecule has 0 saturated heterocycles. The van der Waals surface area contributed by atoms with Crippen molar-refractivity contribution in [2.24, 2.45) is 10.8 Å². The molecule has 0 unspecified atom stereocenters. The van der Waals surface area contributed by atoms with Gasteiger partial charge in [0.2, 0.25) is 0 Å². The van der Waals surface area contributed by atoms with E-state index < -0.39 is 6.04 Å². The summed E-state index contributed by atoms with van der Waals surface area (Å²) in [5.74, 6) is -0.329. The third-order valence-corrected chi connectivity index (χ3v) is 4.49. The number of aromatic amines is 1. The van der Waals surface area contributed by atoms with E-state index in [1.807, 2.05) is 60.8 Å². The van der Waals surface area contributed by atoms with Crippen LogP contribution < -0.4 is 11.2 Å². The maximum Gasteiger partial charge on any atom is 0.257 e. The standard InChI is InChI=1S/C21H19N5O.2ClH/c22-18(11-16-12-24-19-9-2-1-8-17(16)19)21(27)26-25-13-15-6-3-5-14-7-4-10-23-20(14)15;;/h1-10,12-13,18,24H,11,22H2,(H,26,27);2*1H/b25-13+;;/t18-;;/m0../s1. The minimum Gasteiger partial charge on any atom is -0.361 e. The average Bonchev–Trinajstić information content (AvgIpc) is 3.11. The third kappa shape index (κ3) is 4.92. The van der Waals surface area contributed by atoms with E-state index in [1.54, 1.807) is 12.4 Å². The molecule has 1 atom stereocenters. The van der Waals surface area contributed by atoms with Gasteiger partial charge in [0.15, 0.2) is 0 Å². The molecule has 150 valence electrons. The van der Waals surface area contributed by atoms with E-state index in [0.717, 1.165) is 32.9 Å². The number of amides is 1. The van der Waals surface area contributed by atoms with Crippen LogP contribution in [-0.2, 0) is 11.2 Å². The monoisotopic (exact) mass is 429 g/mol. The van der Waals surface area contributed by atoms with Gasteiger partial charge in [0.05, 0.1) is 17.8 Å². The summed E-state index contributed by atoms with van der Waals surface area (Å²) in [6, 6.07) is 16.9. The predicted molar refractivity (Wildman–Crippen MR) is 122 cm³/mol. The van der Waals surface area contributed by atoms with Crippen molar-refractivity contribution >= 4 is 58.7 Å². The number of carbonyl (C=O) groups is 1. The Bertz CT molecular complexity index is 1140. The van der Waals surface area contributed by atoms with Crippen molar-refractivity contribution in [3.05, 3.63) is 78.1 Å². The van der Waals surface area contributed by atoms with Crippen molar-refractivity contribution in [2.75, 3.05) is 0 Å². The molecule has 8 heteroatoms. The Balaban J connectivity index is 0.00000150. The number of hydrogen-bond donors (Lipinski definition) is 3. The first-order valence-corrected chi connectivity index (χ1v) is 8.69. The van der Waals surface area contributed by atoms with Crippen LogP contribution in [0.2, 0.25) is 0 Å². The quantitative estimate of drug-likeness (QED) is 0.334. The van der Waals surface area contributed by atoms with Crippen LogP contribution in [0.3, 0.4) is 0 Å². The lowest BCUT2D eigenvalue weighted by molar-refractivity contribution is -0.122. The topological polar surface area (TPSA) is 96.2 Å².